The molecule has 0 aliphatic rings. The van der Waals surface area contributed by atoms with Gasteiger partial charge in [-0.3, -0.25) is 4.79 Å². The van der Waals surface area contributed by atoms with Gasteiger partial charge in [0.1, 0.15) is 6.07 Å². The van der Waals surface area contributed by atoms with Crippen LogP contribution in [0, 0.1) is 11.3 Å². The lowest BCUT2D eigenvalue weighted by molar-refractivity contribution is -0.275. The number of hydrogen-bond donors (Lipinski definition) is 1. The fourth-order valence-corrected chi connectivity index (χ4v) is 1.55. The molecule has 5 nitrogen and oxygen atoms in total. The quantitative estimate of drug-likeness (QED) is 0.851. The highest BCUT2D eigenvalue weighted by atomic mass is 19.4. The average molecular weight is 288 g/mol. The van der Waals surface area contributed by atoms with Crippen LogP contribution in [0.1, 0.15) is 16.7 Å². The first-order valence-corrected chi connectivity index (χ1v) is 5.39. The minimum Gasteiger partial charge on any atom is -0.469 e. The maximum Gasteiger partial charge on any atom is 0.573 e. The molecule has 1 aromatic carbocycles. The number of nitrogens with two attached hydrogens (primary N) is 1. The second-order valence-electron chi connectivity index (χ2n) is 3.75. The molecule has 0 bridgehead atoms. The number of methoxy groups -OCH3 is 1. The number of benzene rings is 1. The van der Waals surface area contributed by atoms with Gasteiger partial charge in [-0.05, 0) is 11.6 Å². The van der Waals surface area contributed by atoms with E-state index in [-0.39, 0.29) is 17.7 Å². The SMILES string of the molecule is COC(=O)Cc1cc(CN)cc(C#N)c1OC(F)(F)F. The number of esters is 1. The van der Waals surface area contributed by atoms with E-state index in [2.05, 4.69) is 9.47 Å². The van der Waals surface area contributed by atoms with Crippen molar-refractivity contribution in [2.45, 2.75) is 19.3 Å². The molecule has 0 fully saturated rings. The maximum atomic E-state index is 12.4. The number of rotatable bonds is 4. The van der Waals surface area contributed by atoms with Crippen molar-refractivity contribution in [3.05, 3.63) is 28.8 Å². The minimum atomic E-state index is -4.97. The van der Waals surface area contributed by atoms with Gasteiger partial charge in [-0.25, -0.2) is 0 Å². The van der Waals surface area contributed by atoms with E-state index in [0.29, 0.717) is 5.56 Å². The molecule has 0 radical (unpaired) electrons. The van der Waals surface area contributed by atoms with Gasteiger partial charge < -0.3 is 15.2 Å². The molecule has 108 valence electrons. The van der Waals surface area contributed by atoms with Gasteiger partial charge in [-0.2, -0.15) is 5.26 Å². The number of carbonyl (C=O) groups excluding carboxylic acids is 1. The van der Waals surface area contributed by atoms with Gasteiger partial charge in [0, 0.05) is 12.1 Å². The van der Waals surface area contributed by atoms with Crippen molar-refractivity contribution in [3.8, 4) is 11.8 Å². The van der Waals surface area contributed by atoms with Crippen LogP contribution in [0.3, 0.4) is 0 Å². The summed E-state index contributed by atoms with van der Waals surface area (Å²) in [7, 11) is 1.10. The van der Waals surface area contributed by atoms with Crippen molar-refractivity contribution < 1.29 is 27.4 Å². The van der Waals surface area contributed by atoms with E-state index in [0.717, 1.165) is 7.11 Å². The smallest absolute Gasteiger partial charge is 0.469 e. The third-order valence-corrected chi connectivity index (χ3v) is 2.36. The summed E-state index contributed by atoms with van der Waals surface area (Å²) in [5, 5.41) is 8.90. The molecule has 0 saturated carbocycles. The molecule has 0 amide bonds. The summed E-state index contributed by atoms with van der Waals surface area (Å²) >= 11 is 0. The average Bonchev–Trinajstić information content (AvgIpc) is 2.38. The first-order valence-electron chi connectivity index (χ1n) is 5.39. The van der Waals surface area contributed by atoms with Crippen molar-refractivity contribution in [1.29, 1.82) is 5.26 Å². The molecule has 0 atom stereocenters. The van der Waals surface area contributed by atoms with Crippen LogP contribution in [0.4, 0.5) is 13.2 Å². The van der Waals surface area contributed by atoms with Crippen molar-refractivity contribution in [1.82, 2.24) is 0 Å². The molecule has 20 heavy (non-hydrogen) atoms. The Morgan fingerprint density at radius 3 is 2.55 bits per heavy atom. The second kappa shape index (κ2) is 6.25. The van der Waals surface area contributed by atoms with E-state index in [9.17, 15) is 18.0 Å². The Hall–Kier alpha value is -2.27. The normalized spacial score (nSPS) is 10.8. The van der Waals surface area contributed by atoms with Gasteiger partial charge in [-0.1, -0.05) is 6.07 Å². The highest BCUT2D eigenvalue weighted by Crippen LogP contribution is 2.31. The van der Waals surface area contributed by atoms with E-state index in [1.54, 1.807) is 6.07 Å². The third-order valence-electron chi connectivity index (χ3n) is 2.36. The molecular weight excluding hydrogens is 277 g/mol. The highest BCUT2D eigenvalue weighted by Gasteiger charge is 2.34. The van der Waals surface area contributed by atoms with E-state index in [1.807, 2.05) is 0 Å². The summed E-state index contributed by atoms with van der Waals surface area (Å²) < 4.78 is 45.3. The van der Waals surface area contributed by atoms with Gasteiger partial charge in [0.2, 0.25) is 0 Å². The molecule has 0 saturated heterocycles. The number of alkyl halides is 3. The van der Waals surface area contributed by atoms with E-state index >= 15 is 0 Å². The maximum absolute atomic E-state index is 12.4. The Bertz CT molecular complexity index is 550. The van der Waals surface area contributed by atoms with Gasteiger partial charge in [0.05, 0.1) is 19.1 Å². The lowest BCUT2D eigenvalue weighted by atomic mass is 10.0. The first kappa shape index (κ1) is 15.8. The summed E-state index contributed by atoms with van der Waals surface area (Å²) in [6.45, 7) is 0.00908. The fourth-order valence-electron chi connectivity index (χ4n) is 1.55. The lowest BCUT2D eigenvalue weighted by Crippen LogP contribution is -2.20. The topological polar surface area (TPSA) is 85.3 Å². The minimum absolute atomic E-state index is 0.00908. The molecule has 0 unspecified atom stereocenters. The third kappa shape index (κ3) is 4.13. The molecule has 0 spiro atoms. The molecule has 8 heteroatoms. The molecular formula is C12H11F3N2O3. The zero-order valence-corrected chi connectivity index (χ0v) is 10.5. The molecule has 0 aromatic heterocycles. The Morgan fingerprint density at radius 2 is 2.10 bits per heavy atom. The Morgan fingerprint density at radius 1 is 1.45 bits per heavy atom. The van der Waals surface area contributed by atoms with Crippen LogP contribution < -0.4 is 10.5 Å². The van der Waals surface area contributed by atoms with Crippen LogP contribution in [0.15, 0.2) is 12.1 Å². The monoisotopic (exact) mass is 288 g/mol. The lowest BCUT2D eigenvalue weighted by Gasteiger charge is -2.15. The summed E-state index contributed by atoms with van der Waals surface area (Å²) in [6, 6.07) is 4.05. The van der Waals surface area contributed by atoms with Crippen molar-refractivity contribution in [2.24, 2.45) is 5.73 Å². The van der Waals surface area contributed by atoms with E-state index in [4.69, 9.17) is 11.0 Å². The fraction of sp³-hybridized carbons (Fsp3) is 0.333. The van der Waals surface area contributed by atoms with E-state index < -0.39 is 24.5 Å². The zero-order chi connectivity index (χ0) is 15.3. The molecule has 2 N–H and O–H groups in total. The largest absolute Gasteiger partial charge is 0.573 e. The van der Waals surface area contributed by atoms with Crippen LogP contribution in [-0.2, 0) is 22.5 Å². The predicted molar refractivity (Wildman–Crippen MR) is 61.5 cm³/mol. The Balaban J connectivity index is 3.35. The van der Waals surface area contributed by atoms with Crippen molar-refractivity contribution in [3.63, 3.8) is 0 Å². The second-order valence-corrected chi connectivity index (χ2v) is 3.75. The Kier molecular flexibility index (Phi) is 4.94. The summed E-state index contributed by atoms with van der Waals surface area (Å²) in [4.78, 5) is 11.2. The number of carbonyl (C=O) groups is 1. The van der Waals surface area contributed by atoms with Gasteiger partial charge in [-0.15, -0.1) is 13.2 Å². The molecule has 1 rings (SSSR count). The number of hydrogen-bond acceptors (Lipinski definition) is 5. The summed E-state index contributed by atoms with van der Waals surface area (Å²) in [6.07, 6.45) is -5.43. The predicted octanol–water partition coefficient (Wildman–Crippen LogP) is 1.63. The van der Waals surface area contributed by atoms with Crippen molar-refractivity contribution >= 4 is 5.97 Å². The van der Waals surface area contributed by atoms with Crippen LogP contribution >= 0.6 is 0 Å². The molecule has 0 heterocycles. The van der Waals surface area contributed by atoms with Crippen LogP contribution in [0.25, 0.3) is 0 Å². The number of ether oxygens (including phenoxy) is 2. The number of halogens is 3. The highest BCUT2D eigenvalue weighted by molar-refractivity contribution is 5.74. The Labute approximate surface area is 112 Å². The molecule has 1 aromatic rings. The molecule has 0 aliphatic heterocycles. The standard InChI is InChI=1S/C12H11F3N2O3/c1-19-10(18)4-8-2-7(5-16)3-9(6-17)11(8)20-12(13,14)15/h2-3H,4-5,16H2,1H3. The van der Waals surface area contributed by atoms with E-state index in [1.165, 1.54) is 12.1 Å². The van der Waals surface area contributed by atoms with Gasteiger partial charge in [0.15, 0.2) is 5.75 Å². The summed E-state index contributed by atoms with van der Waals surface area (Å²) in [5.41, 5.74) is 5.36. The molecule has 0 aliphatic carbocycles. The van der Waals surface area contributed by atoms with Crippen molar-refractivity contribution in [2.75, 3.05) is 7.11 Å². The van der Waals surface area contributed by atoms with Crippen LogP contribution in [-0.4, -0.2) is 19.4 Å². The number of nitriles is 1. The van der Waals surface area contributed by atoms with Crippen LogP contribution in [0.2, 0.25) is 0 Å². The van der Waals surface area contributed by atoms with Gasteiger partial charge in [0.25, 0.3) is 0 Å². The zero-order valence-electron chi connectivity index (χ0n) is 10.5. The number of nitrogens with zero attached hydrogens (tertiary/aromatic N) is 1. The van der Waals surface area contributed by atoms with Gasteiger partial charge >= 0.3 is 12.3 Å². The first-order chi connectivity index (χ1) is 9.30. The summed E-state index contributed by atoms with van der Waals surface area (Å²) in [5.74, 6) is -1.46. The van der Waals surface area contributed by atoms with Crippen LogP contribution in [0.5, 0.6) is 5.75 Å².